The van der Waals surface area contributed by atoms with E-state index >= 15 is 0 Å². The van der Waals surface area contributed by atoms with Crippen LogP contribution in [0.1, 0.15) is 24.2 Å². The van der Waals surface area contributed by atoms with Crippen LogP contribution in [0.2, 0.25) is 0 Å². The Morgan fingerprint density at radius 1 is 1.54 bits per heavy atom. The second-order valence-corrected chi connectivity index (χ2v) is 4.46. The smallest absolute Gasteiger partial charge is 0.168 e. The first kappa shape index (κ1) is 9.09. The molecule has 0 radical (unpaired) electrons. The molecule has 13 heavy (non-hydrogen) atoms. The average Bonchev–Trinajstić information content (AvgIpc) is 2.64. The second-order valence-electron chi connectivity index (χ2n) is 3.31. The number of thioether (sulfide) groups is 1. The lowest BCUT2D eigenvalue weighted by Gasteiger charge is -2.04. The number of rotatable bonds is 2. The van der Waals surface area contributed by atoms with Gasteiger partial charge in [0.2, 0.25) is 0 Å². The van der Waals surface area contributed by atoms with Crippen LogP contribution in [0, 0.1) is 13.8 Å². The summed E-state index contributed by atoms with van der Waals surface area (Å²) in [5, 5.41) is 0.988. The molecule has 72 valence electrons. The topological polar surface area (TPSA) is 37.9 Å². The maximum absolute atomic E-state index is 5.51. The van der Waals surface area contributed by atoms with Crippen LogP contribution in [0.5, 0.6) is 0 Å². The molecule has 1 atom stereocenters. The Morgan fingerprint density at radius 3 is 2.92 bits per heavy atom. The van der Waals surface area contributed by atoms with Gasteiger partial charge in [-0.15, -0.1) is 0 Å². The second kappa shape index (κ2) is 3.72. The van der Waals surface area contributed by atoms with Crippen molar-refractivity contribution in [2.75, 3.05) is 6.61 Å². The fourth-order valence-corrected chi connectivity index (χ4v) is 2.44. The van der Waals surface area contributed by atoms with Gasteiger partial charge in [0.1, 0.15) is 5.44 Å². The minimum absolute atomic E-state index is 0.310. The van der Waals surface area contributed by atoms with E-state index in [4.69, 9.17) is 4.74 Å². The Labute approximate surface area is 82.3 Å². The number of nitrogens with zero attached hydrogens (tertiary/aromatic N) is 1. The quantitative estimate of drug-likeness (QED) is 0.792. The summed E-state index contributed by atoms with van der Waals surface area (Å²) in [7, 11) is 0. The lowest BCUT2D eigenvalue weighted by Crippen LogP contribution is -1.98. The molecular formula is C9H14N2OS. The summed E-state index contributed by atoms with van der Waals surface area (Å²) < 4.78 is 5.51. The van der Waals surface area contributed by atoms with E-state index < -0.39 is 0 Å². The van der Waals surface area contributed by atoms with Gasteiger partial charge in [0.15, 0.2) is 5.16 Å². The number of aromatic nitrogens is 2. The number of hydrogen-bond donors (Lipinski definition) is 1. The summed E-state index contributed by atoms with van der Waals surface area (Å²) in [6, 6.07) is 0. The van der Waals surface area contributed by atoms with Crippen LogP contribution in [0.25, 0.3) is 0 Å². The zero-order valence-corrected chi connectivity index (χ0v) is 8.78. The Balaban J connectivity index is 2.00. The van der Waals surface area contributed by atoms with Crippen molar-refractivity contribution >= 4 is 11.8 Å². The molecule has 2 heterocycles. The molecule has 1 saturated heterocycles. The zero-order valence-electron chi connectivity index (χ0n) is 7.96. The van der Waals surface area contributed by atoms with E-state index in [1.807, 2.05) is 13.8 Å². The fourth-order valence-electron chi connectivity index (χ4n) is 1.34. The highest BCUT2D eigenvalue weighted by Gasteiger charge is 2.18. The molecular weight excluding hydrogens is 184 g/mol. The Hall–Kier alpha value is -0.480. The summed E-state index contributed by atoms with van der Waals surface area (Å²) in [4.78, 5) is 7.64. The van der Waals surface area contributed by atoms with Crippen LogP contribution >= 0.6 is 11.8 Å². The van der Waals surface area contributed by atoms with E-state index in [0.29, 0.717) is 5.44 Å². The number of hydrogen-bond acceptors (Lipinski definition) is 3. The zero-order chi connectivity index (χ0) is 9.26. The molecule has 1 aliphatic heterocycles. The van der Waals surface area contributed by atoms with Crippen molar-refractivity contribution in [1.82, 2.24) is 9.97 Å². The Morgan fingerprint density at radius 2 is 2.38 bits per heavy atom. The largest absolute Gasteiger partial charge is 0.367 e. The van der Waals surface area contributed by atoms with Gasteiger partial charge in [0.05, 0.1) is 5.69 Å². The number of aromatic amines is 1. The number of ether oxygens (including phenoxy) is 1. The van der Waals surface area contributed by atoms with Crippen LogP contribution in [0.3, 0.4) is 0 Å². The minimum Gasteiger partial charge on any atom is -0.367 e. The minimum atomic E-state index is 0.310. The van der Waals surface area contributed by atoms with E-state index in [1.165, 1.54) is 6.42 Å². The summed E-state index contributed by atoms with van der Waals surface area (Å²) in [6.07, 6.45) is 2.32. The van der Waals surface area contributed by atoms with E-state index in [9.17, 15) is 0 Å². The molecule has 0 spiro atoms. The molecule has 0 amide bonds. The molecule has 1 unspecified atom stereocenters. The lowest BCUT2D eigenvalue weighted by atomic mass is 10.4. The third kappa shape index (κ3) is 2.06. The summed E-state index contributed by atoms with van der Waals surface area (Å²) in [5.41, 5.74) is 2.55. The van der Waals surface area contributed by atoms with Crippen LogP contribution in [-0.4, -0.2) is 22.0 Å². The normalized spacial score (nSPS) is 22.5. The third-order valence-corrected chi connectivity index (χ3v) is 3.29. The number of imidazole rings is 1. The first-order valence-electron chi connectivity index (χ1n) is 4.57. The van der Waals surface area contributed by atoms with E-state index in [1.54, 1.807) is 11.8 Å². The van der Waals surface area contributed by atoms with Crippen LogP contribution in [-0.2, 0) is 4.74 Å². The van der Waals surface area contributed by atoms with Crippen LogP contribution < -0.4 is 0 Å². The van der Waals surface area contributed by atoms with E-state index in [2.05, 4.69) is 9.97 Å². The first-order valence-corrected chi connectivity index (χ1v) is 5.45. The van der Waals surface area contributed by atoms with Crippen molar-refractivity contribution in [3.05, 3.63) is 11.4 Å². The van der Waals surface area contributed by atoms with Gasteiger partial charge in [-0.05, 0) is 26.7 Å². The van der Waals surface area contributed by atoms with Crippen molar-refractivity contribution in [2.45, 2.75) is 37.3 Å². The van der Waals surface area contributed by atoms with Gasteiger partial charge < -0.3 is 9.72 Å². The molecule has 2 rings (SSSR count). The van der Waals surface area contributed by atoms with Crippen molar-refractivity contribution in [3.8, 4) is 0 Å². The average molecular weight is 198 g/mol. The summed E-state index contributed by atoms with van der Waals surface area (Å²) in [6.45, 7) is 4.96. The number of H-pyrrole nitrogens is 1. The highest BCUT2D eigenvalue weighted by molar-refractivity contribution is 7.99. The molecule has 1 N–H and O–H groups in total. The maximum atomic E-state index is 5.51. The molecule has 1 fully saturated rings. The highest BCUT2D eigenvalue weighted by Crippen LogP contribution is 2.29. The standard InChI is InChI=1S/C9H14N2OS/c1-6-7(2)11-9(10-6)13-8-4-3-5-12-8/h8H,3-5H2,1-2H3,(H,10,11). The van der Waals surface area contributed by atoms with Crippen molar-refractivity contribution in [3.63, 3.8) is 0 Å². The van der Waals surface area contributed by atoms with Crippen molar-refractivity contribution < 1.29 is 4.74 Å². The van der Waals surface area contributed by atoms with Crippen LogP contribution in [0.15, 0.2) is 5.16 Å². The van der Waals surface area contributed by atoms with Gasteiger partial charge in [-0.3, -0.25) is 0 Å². The predicted octanol–water partition coefficient (Wildman–Crippen LogP) is 2.26. The van der Waals surface area contributed by atoms with Gasteiger partial charge in [0.25, 0.3) is 0 Å². The maximum Gasteiger partial charge on any atom is 0.168 e. The first-order chi connectivity index (χ1) is 6.25. The number of nitrogens with one attached hydrogen (secondary N) is 1. The monoisotopic (exact) mass is 198 g/mol. The summed E-state index contributed by atoms with van der Waals surface area (Å²) >= 11 is 1.70. The SMILES string of the molecule is Cc1nc(SC2CCCO2)[nH]c1C. The molecule has 0 saturated carbocycles. The van der Waals surface area contributed by atoms with E-state index in [-0.39, 0.29) is 0 Å². The van der Waals surface area contributed by atoms with Gasteiger partial charge in [0, 0.05) is 12.3 Å². The lowest BCUT2D eigenvalue weighted by molar-refractivity contribution is 0.173. The third-order valence-electron chi connectivity index (χ3n) is 2.24. The molecule has 0 aromatic carbocycles. The Bertz CT molecular complexity index is 272. The Kier molecular flexibility index (Phi) is 2.60. The van der Waals surface area contributed by atoms with Gasteiger partial charge in [-0.1, -0.05) is 11.8 Å². The van der Waals surface area contributed by atoms with Crippen molar-refractivity contribution in [1.29, 1.82) is 0 Å². The van der Waals surface area contributed by atoms with Crippen molar-refractivity contribution in [2.24, 2.45) is 0 Å². The van der Waals surface area contributed by atoms with Gasteiger partial charge in [-0.2, -0.15) is 0 Å². The van der Waals surface area contributed by atoms with Gasteiger partial charge >= 0.3 is 0 Å². The summed E-state index contributed by atoms with van der Waals surface area (Å²) in [5.74, 6) is 0. The van der Waals surface area contributed by atoms with Crippen LogP contribution in [0.4, 0.5) is 0 Å². The predicted molar refractivity (Wildman–Crippen MR) is 52.9 cm³/mol. The molecule has 4 heteroatoms. The highest BCUT2D eigenvalue weighted by atomic mass is 32.2. The molecule has 0 aliphatic carbocycles. The molecule has 1 aromatic heterocycles. The van der Waals surface area contributed by atoms with Gasteiger partial charge in [-0.25, -0.2) is 4.98 Å². The molecule has 1 aliphatic rings. The number of aryl methyl sites for hydroxylation is 2. The molecule has 1 aromatic rings. The molecule has 0 bridgehead atoms. The van der Waals surface area contributed by atoms with E-state index in [0.717, 1.165) is 29.6 Å². The molecule has 3 nitrogen and oxygen atoms in total. The fraction of sp³-hybridized carbons (Fsp3) is 0.667.